The minimum atomic E-state index is -0.391. The molecule has 1 aromatic rings. The third-order valence-corrected chi connectivity index (χ3v) is 2.38. The molecule has 1 aromatic carbocycles. The van der Waals surface area contributed by atoms with Gasteiger partial charge in [-0.25, -0.2) is 0 Å². The first-order valence-electron chi connectivity index (χ1n) is 5.39. The van der Waals surface area contributed by atoms with Crippen molar-refractivity contribution < 1.29 is 9.13 Å². The summed E-state index contributed by atoms with van der Waals surface area (Å²) < 4.78 is 17.2. The molecule has 0 spiro atoms. The highest BCUT2D eigenvalue weighted by Crippen LogP contribution is 2.25. The monoisotopic (exact) mass is 258 g/mol. The maximum absolute atomic E-state index is 11.9. The maximum atomic E-state index is 11.9. The van der Waals surface area contributed by atoms with Gasteiger partial charge in [0.15, 0.2) is 0 Å². The number of hydrogen-bond donors (Lipinski definition) is 2. The van der Waals surface area contributed by atoms with E-state index in [-0.39, 0.29) is 0 Å². The topological polar surface area (TPSA) is 45.1 Å². The summed E-state index contributed by atoms with van der Waals surface area (Å²) in [5.74, 6) is 0.972. The van der Waals surface area contributed by atoms with Crippen LogP contribution >= 0.6 is 11.6 Å². The molecule has 0 atom stereocenters. The van der Waals surface area contributed by atoms with Crippen LogP contribution in [0.5, 0.6) is 5.75 Å². The molecule has 0 aliphatic carbocycles. The molecular formula is C12H16ClFN2O. The Labute approximate surface area is 105 Å². The van der Waals surface area contributed by atoms with E-state index in [0.717, 1.165) is 5.56 Å². The molecule has 1 rings (SSSR count). The number of nitrogens with one attached hydrogen (secondary N) is 2. The number of amidine groups is 1. The predicted molar refractivity (Wildman–Crippen MR) is 67.8 cm³/mol. The smallest absolute Gasteiger partial charge is 0.137 e. The quantitative estimate of drug-likeness (QED) is 0.468. The zero-order chi connectivity index (χ0) is 12.7. The molecule has 0 radical (unpaired) electrons. The van der Waals surface area contributed by atoms with Crippen LogP contribution in [0.25, 0.3) is 0 Å². The molecule has 94 valence electrons. The Morgan fingerprint density at radius 1 is 1.53 bits per heavy atom. The predicted octanol–water partition coefficient (Wildman–Crippen LogP) is 3.17. The molecule has 0 heterocycles. The summed E-state index contributed by atoms with van der Waals surface area (Å²) in [6.07, 6.45) is 0.368. The van der Waals surface area contributed by atoms with Crippen molar-refractivity contribution in [2.45, 2.75) is 19.9 Å². The molecule has 0 aliphatic heterocycles. The number of rotatable bonds is 6. The van der Waals surface area contributed by atoms with E-state index in [9.17, 15) is 4.39 Å². The van der Waals surface area contributed by atoms with Crippen LogP contribution in [-0.4, -0.2) is 19.1 Å². The first-order chi connectivity index (χ1) is 8.13. The van der Waals surface area contributed by atoms with Gasteiger partial charge in [-0.3, -0.25) is 9.80 Å². The summed E-state index contributed by atoms with van der Waals surface area (Å²) in [6.45, 7) is 2.17. The van der Waals surface area contributed by atoms with Gasteiger partial charge in [0.25, 0.3) is 0 Å². The summed E-state index contributed by atoms with van der Waals surface area (Å²) in [5, 5.41) is 10.6. The number of ether oxygens (including phenoxy) is 1. The van der Waals surface area contributed by atoms with Crippen LogP contribution in [0, 0.1) is 5.41 Å². The van der Waals surface area contributed by atoms with E-state index in [1.165, 1.54) is 0 Å². The van der Waals surface area contributed by atoms with Crippen molar-refractivity contribution in [3.8, 4) is 5.75 Å². The van der Waals surface area contributed by atoms with E-state index < -0.39 is 6.67 Å². The minimum absolute atomic E-state index is 0.327. The Morgan fingerprint density at radius 3 is 2.88 bits per heavy atom. The second kappa shape index (κ2) is 7.12. The van der Waals surface area contributed by atoms with Crippen molar-refractivity contribution in [1.29, 1.82) is 5.41 Å². The fourth-order valence-corrected chi connectivity index (χ4v) is 1.50. The van der Waals surface area contributed by atoms with Crippen molar-refractivity contribution in [3.63, 3.8) is 0 Å². The average molecular weight is 259 g/mol. The SMILES string of the molecule is CC(=N)NCc1ccc(OCCCF)c(Cl)c1. The van der Waals surface area contributed by atoms with Crippen LogP contribution in [-0.2, 0) is 6.54 Å². The second-order valence-electron chi connectivity index (χ2n) is 3.63. The number of hydrogen-bond acceptors (Lipinski definition) is 2. The van der Waals surface area contributed by atoms with Crippen LogP contribution in [0.1, 0.15) is 18.9 Å². The van der Waals surface area contributed by atoms with Gasteiger partial charge >= 0.3 is 0 Å². The van der Waals surface area contributed by atoms with Gasteiger partial charge in [0.1, 0.15) is 5.75 Å². The lowest BCUT2D eigenvalue weighted by Crippen LogP contribution is -2.18. The van der Waals surface area contributed by atoms with Gasteiger partial charge in [0, 0.05) is 13.0 Å². The Bertz CT molecular complexity index is 385. The highest BCUT2D eigenvalue weighted by atomic mass is 35.5. The fourth-order valence-electron chi connectivity index (χ4n) is 1.24. The van der Waals surface area contributed by atoms with Crippen LogP contribution in [0.15, 0.2) is 18.2 Å². The second-order valence-corrected chi connectivity index (χ2v) is 4.04. The summed E-state index contributed by atoms with van der Waals surface area (Å²) in [6, 6.07) is 5.41. The summed E-state index contributed by atoms with van der Waals surface area (Å²) in [7, 11) is 0. The van der Waals surface area contributed by atoms with Gasteiger partial charge in [-0.1, -0.05) is 17.7 Å². The molecule has 5 heteroatoms. The highest BCUT2D eigenvalue weighted by molar-refractivity contribution is 6.32. The van der Waals surface area contributed by atoms with E-state index >= 15 is 0 Å². The summed E-state index contributed by atoms with van der Waals surface area (Å²) >= 11 is 6.02. The van der Waals surface area contributed by atoms with Gasteiger partial charge in [-0.2, -0.15) is 0 Å². The lowest BCUT2D eigenvalue weighted by Gasteiger charge is -2.09. The molecule has 0 aromatic heterocycles. The average Bonchev–Trinajstić information content (AvgIpc) is 2.29. The first kappa shape index (κ1) is 13.8. The van der Waals surface area contributed by atoms with E-state index in [1.54, 1.807) is 19.1 Å². The van der Waals surface area contributed by atoms with E-state index in [2.05, 4.69) is 5.32 Å². The lowest BCUT2D eigenvalue weighted by atomic mass is 10.2. The molecule has 0 saturated carbocycles. The lowest BCUT2D eigenvalue weighted by molar-refractivity contribution is 0.290. The van der Waals surface area contributed by atoms with Gasteiger partial charge in [-0.15, -0.1) is 0 Å². The minimum Gasteiger partial charge on any atom is -0.492 e. The van der Waals surface area contributed by atoms with Gasteiger partial charge in [-0.05, 0) is 24.6 Å². The van der Waals surface area contributed by atoms with Gasteiger partial charge in [0.2, 0.25) is 0 Å². The Kier molecular flexibility index (Phi) is 5.77. The highest BCUT2D eigenvalue weighted by Gasteiger charge is 2.03. The molecule has 17 heavy (non-hydrogen) atoms. The van der Waals surface area contributed by atoms with Gasteiger partial charge < -0.3 is 10.1 Å². The zero-order valence-electron chi connectivity index (χ0n) is 9.72. The first-order valence-corrected chi connectivity index (χ1v) is 5.77. The Hall–Kier alpha value is -1.29. The van der Waals surface area contributed by atoms with E-state index in [4.69, 9.17) is 21.7 Å². The molecule has 0 bridgehead atoms. The van der Waals surface area contributed by atoms with Crippen molar-refractivity contribution >= 4 is 17.4 Å². The van der Waals surface area contributed by atoms with Crippen LogP contribution in [0.2, 0.25) is 5.02 Å². The number of halogens is 2. The number of benzene rings is 1. The standard InChI is InChI=1S/C12H16ClFN2O/c1-9(15)16-8-10-3-4-12(11(13)7-10)17-6-2-5-14/h3-4,7H,2,5-6,8H2,1H3,(H2,15,16). The number of alkyl halides is 1. The van der Waals surface area contributed by atoms with Crippen LogP contribution in [0.4, 0.5) is 4.39 Å². The Balaban J connectivity index is 2.56. The molecule has 0 amide bonds. The summed E-state index contributed by atoms with van der Waals surface area (Å²) in [4.78, 5) is 0. The normalized spacial score (nSPS) is 10.1. The maximum Gasteiger partial charge on any atom is 0.137 e. The van der Waals surface area contributed by atoms with Crippen molar-refractivity contribution in [3.05, 3.63) is 28.8 Å². The molecule has 0 unspecified atom stereocenters. The fraction of sp³-hybridized carbons (Fsp3) is 0.417. The largest absolute Gasteiger partial charge is 0.492 e. The van der Waals surface area contributed by atoms with Crippen molar-refractivity contribution in [1.82, 2.24) is 5.32 Å². The third kappa shape index (κ3) is 5.04. The summed E-state index contributed by atoms with van der Waals surface area (Å²) in [5.41, 5.74) is 0.972. The molecule has 3 nitrogen and oxygen atoms in total. The van der Waals surface area contributed by atoms with Crippen molar-refractivity contribution in [2.75, 3.05) is 13.3 Å². The zero-order valence-corrected chi connectivity index (χ0v) is 10.5. The molecule has 0 aliphatic rings. The molecule has 0 fully saturated rings. The third-order valence-electron chi connectivity index (χ3n) is 2.09. The van der Waals surface area contributed by atoms with Crippen molar-refractivity contribution in [2.24, 2.45) is 0 Å². The molecular weight excluding hydrogens is 243 g/mol. The van der Waals surface area contributed by atoms with Crippen LogP contribution in [0.3, 0.4) is 0 Å². The van der Waals surface area contributed by atoms with Crippen LogP contribution < -0.4 is 10.1 Å². The molecule has 2 N–H and O–H groups in total. The van der Waals surface area contributed by atoms with E-state index in [1.807, 2.05) is 6.07 Å². The molecule has 0 saturated heterocycles. The Morgan fingerprint density at radius 2 is 2.29 bits per heavy atom. The van der Waals surface area contributed by atoms with Gasteiger partial charge in [0.05, 0.1) is 24.1 Å². The van der Waals surface area contributed by atoms with E-state index in [0.29, 0.717) is 36.2 Å².